The van der Waals surface area contributed by atoms with Crippen LogP contribution in [0.15, 0.2) is 12.2 Å². The molecule has 21 heavy (non-hydrogen) atoms. The van der Waals surface area contributed by atoms with Gasteiger partial charge in [-0.15, -0.1) is 0 Å². The highest BCUT2D eigenvalue weighted by Crippen LogP contribution is 2.74. The fourth-order valence-corrected chi connectivity index (χ4v) is 5.65. The number of hydrogen-bond donors (Lipinski definition) is 2. The van der Waals surface area contributed by atoms with Gasteiger partial charge in [0.25, 0.3) is 0 Å². The summed E-state index contributed by atoms with van der Waals surface area (Å²) in [6, 6.07) is 0. The topological polar surface area (TPSA) is 88.5 Å². The zero-order chi connectivity index (χ0) is 14.9. The second-order valence-electron chi connectivity index (χ2n) is 7.41. The summed E-state index contributed by atoms with van der Waals surface area (Å²) < 4.78 is 16.9. The number of rotatable bonds is 1. The third kappa shape index (κ3) is 0.933. The van der Waals surface area contributed by atoms with Crippen LogP contribution in [-0.4, -0.2) is 58.4 Å². The molecule has 3 aliphatic heterocycles. The van der Waals surface area contributed by atoms with Crippen LogP contribution in [0, 0.1) is 17.3 Å². The van der Waals surface area contributed by atoms with Crippen molar-refractivity contribution >= 4 is 5.97 Å². The highest BCUT2D eigenvalue weighted by atomic mass is 16.7. The Kier molecular flexibility index (Phi) is 1.83. The molecule has 0 unspecified atom stereocenters. The Morgan fingerprint density at radius 1 is 1.33 bits per heavy atom. The lowest BCUT2D eigenvalue weighted by molar-refractivity contribution is -0.227. The van der Waals surface area contributed by atoms with E-state index >= 15 is 0 Å². The maximum Gasteiger partial charge on any atom is 0.313 e. The SMILES string of the molecule is C=C(C)[C@@H]1[C@@H]2OC(=O)[C@H]1[C@]1(O)[C@H]3O[C@H]3[C@]3(O)CO[C@H]2[C@]13C. The van der Waals surface area contributed by atoms with Gasteiger partial charge >= 0.3 is 5.97 Å². The summed E-state index contributed by atoms with van der Waals surface area (Å²) in [6.45, 7) is 7.69. The molecule has 5 fully saturated rings. The molecule has 0 radical (unpaired) electrons. The molecule has 2 saturated carbocycles. The third-order valence-corrected chi connectivity index (χ3v) is 6.74. The molecule has 6 heteroatoms. The van der Waals surface area contributed by atoms with Gasteiger partial charge in [-0.2, -0.15) is 0 Å². The van der Waals surface area contributed by atoms with Crippen molar-refractivity contribution in [2.45, 2.75) is 49.5 Å². The zero-order valence-corrected chi connectivity index (χ0v) is 11.9. The molecule has 2 N–H and O–H groups in total. The Labute approximate surface area is 121 Å². The minimum absolute atomic E-state index is 0.0985. The lowest BCUT2D eigenvalue weighted by Crippen LogP contribution is -2.70. The number of fused-ring (bicyclic) bond motifs is 7. The second kappa shape index (κ2) is 3.06. The molecule has 0 aromatic carbocycles. The summed E-state index contributed by atoms with van der Waals surface area (Å²) in [5.74, 6) is -1.48. The number of ether oxygens (including phenoxy) is 3. The molecule has 0 aromatic heterocycles. The molecule has 3 saturated heterocycles. The lowest BCUT2D eigenvalue weighted by Gasteiger charge is -2.53. The van der Waals surface area contributed by atoms with Crippen LogP contribution in [0.2, 0.25) is 0 Å². The van der Waals surface area contributed by atoms with Crippen molar-refractivity contribution in [3.63, 3.8) is 0 Å². The van der Waals surface area contributed by atoms with Crippen LogP contribution < -0.4 is 0 Å². The van der Waals surface area contributed by atoms with Crippen LogP contribution >= 0.6 is 0 Å². The number of carbonyl (C=O) groups is 1. The van der Waals surface area contributed by atoms with E-state index in [1.165, 1.54) is 0 Å². The van der Waals surface area contributed by atoms with Crippen LogP contribution in [-0.2, 0) is 19.0 Å². The molecule has 5 rings (SSSR count). The van der Waals surface area contributed by atoms with Crippen molar-refractivity contribution < 1.29 is 29.2 Å². The Bertz CT molecular complexity index is 603. The first-order valence-corrected chi connectivity index (χ1v) is 7.36. The van der Waals surface area contributed by atoms with Gasteiger partial charge in [-0.05, 0) is 6.92 Å². The molecule has 6 nitrogen and oxygen atoms in total. The smallest absolute Gasteiger partial charge is 0.313 e. The average molecular weight is 294 g/mol. The number of esters is 1. The van der Waals surface area contributed by atoms with Gasteiger partial charge in [0, 0.05) is 5.92 Å². The maximum atomic E-state index is 12.4. The molecular formula is C15H18O6. The molecule has 3 heterocycles. The summed E-state index contributed by atoms with van der Waals surface area (Å²) in [5.41, 5.74) is -2.90. The van der Waals surface area contributed by atoms with E-state index in [2.05, 4.69) is 6.58 Å². The highest BCUT2D eigenvalue weighted by molar-refractivity contribution is 5.80. The number of hydrogen-bond acceptors (Lipinski definition) is 6. The molecule has 0 aromatic rings. The first-order valence-electron chi connectivity index (χ1n) is 7.36. The molecule has 0 amide bonds. The van der Waals surface area contributed by atoms with E-state index < -0.39 is 52.9 Å². The Balaban J connectivity index is 1.79. The predicted molar refractivity (Wildman–Crippen MR) is 68.1 cm³/mol. The predicted octanol–water partition coefficient (Wildman–Crippen LogP) is -0.618. The summed E-state index contributed by atoms with van der Waals surface area (Å²) in [6.07, 6.45) is -2.02. The van der Waals surface area contributed by atoms with E-state index in [0.29, 0.717) is 0 Å². The molecule has 114 valence electrons. The van der Waals surface area contributed by atoms with Gasteiger partial charge in [-0.3, -0.25) is 4.79 Å². The summed E-state index contributed by atoms with van der Waals surface area (Å²) in [4.78, 5) is 12.4. The van der Waals surface area contributed by atoms with E-state index in [9.17, 15) is 15.0 Å². The Hall–Kier alpha value is -0.950. The van der Waals surface area contributed by atoms with E-state index in [1.807, 2.05) is 6.92 Å². The van der Waals surface area contributed by atoms with E-state index in [4.69, 9.17) is 14.2 Å². The lowest BCUT2D eigenvalue weighted by atomic mass is 9.52. The number of carbonyl (C=O) groups excluding carboxylic acids is 1. The van der Waals surface area contributed by atoms with Crippen molar-refractivity contribution in [2.24, 2.45) is 17.3 Å². The molecule has 5 aliphatic rings. The van der Waals surface area contributed by atoms with Crippen LogP contribution in [0.25, 0.3) is 0 Å². The van der Waals surface area contributed by atoms with E-state index in [-0.39, 0.29) is 12.5 Å². The molecular weight excluding hydrogens is 276 g/mol. The second-order valence-corrected chi connectivity index (χ2v) is 7.41. The minimum atomic E-state index is -1.47. The van der Waals surface area contributed by atoms with Crippen molar-refractivity contribution in [3.8, 4) is 0 Å². The maximum absolute atomic E-state index is 12.4. The van der Waals surface area contributed by atoms with Crippen molar-refractivity contribution in [2.75, 3.05) is 6.61 Å². The average Bonchev–Trinajstić information content (AvgIpc) is 3.05. The van der Waals surface area contributed by atoms with Crippen LogP contribution in [0.4, 0.5) is 0 Å². The summed E-state index contributed by atoms with van der Waals surface area (Å²) >= 11 is 0. The fraction of sp³-hybridized carbons (Fsp3) is 0.800. The first-order chi connectivity index (χ1) is 9.78. The van der Waals surface area contributed by atoms with Gasteiger partial charge in [0.15, 0.2) is 0 Å². The third-order valence-electron chi connectivity index (χ3n) is 6.74. The Morgan fingerprint density at radius 2 is 2.05 bits per heavy atom. The van der Waals surface area contributed by atoms with E-state index in [1.54, 1.807) is 6.92 Å². The highest BCUT2D eigenvalue weighted by Gasteiger charge is 2.93. The van der Waals surface area contributed by atoms with E-state index in [0.717, 1.165) is 5.57 Å². The monoisotopic (exact) mass is 294 g/mol. The summed E-state index contributed by atoms with van der Waals surface area (Å²) in [5, 5.41) is 22.5. The molecule has 9 atom stereocenters. The fourth-order valence-electron chi connectivity index (χ4n) is 5.65. The van der Waals surface area contributed by atoms with Crippen molar-refractivity contribution in [3.05, 3.63) is 12.2 Å². The van der Waals surface area contributed by atoms with Gasteiger partial charge in [-0.25, -0.2) is 0 Å². The largest absolute Gasteiger partial charge is 0.459 e. The van der Waals surface area contributed by atoms with Crippen LogP contribution in [0.1, 0.15) is 13.8 Å². The van der Waals surface area contributed by atoms with Gasteiger partial charge in [-0.1, -0.05) is 19.1 Å². The van der Waals surface area contributed by atoms with Crippen molar-refractivity contribution in [1.82, 2.24) is 0 Å². The van der Waals surface area contributed by atoms with Gasteiger partial charge in [0.1, 0.15) is 35.6 Å². The minimum Gasteiger partial charge on any atom is -0.459 e. The standard InChI is InChI=1S/C15H18O6/c1-5(2)6-7-12(16)20-8(6)9-13(3)14(17,4-19-9)10-11(21-10)15(7,13)18/h6-11,17-18H,1,4H2,2-3H3/t6-,7-,8-,9+,10+,11-,13-,14+,15-/m0/s1. The Morgan fingerprint density at radius 3 is 2.71 bits per heavy atom. The quantitative estimate of drug-likeness (QED) is 0.381. The van der Waals surface area contributed by atoms with Crippen LogP contribution in [0.3, 0.4) is 0 Å². The number of aliphatic hydroxyl groups is 2. The van der Waals surface area contributed by atoms with Gasteiger partial charge in [0.05, 0.1) is 17.9 Å². The first kappa shape index (κ1) is 12.6. The van der Waals surface area contributed by atoms with Crippen LogP contribution in [0.5, 0.6) is 0 Å². The number of epoxide rings is 1. The summed E-state index contributed by atoms with van der Waals surface area (Å²) in [7, 11) is 0. The molecule has 2 aliphatic carbocycles. The molecule has 0 spiro atoms. The normalized spacial score (nSPS) is 65.8. The zero-order valence-electron chi connectivity index (χ0n) is 11.9. The van der Waals surface area contributed by atoms with Crippen molar-refractivity contribution in [1.29, 1.82) is 0 Å². The molecule has 2 bridgehead atoms. The van der Waals surface area contributed by atoms with Gasteiger partial charge in [0.2, 0.25) is 0 Å². The van der Waals surface area contributed by atoms with Gasteiger partial charge < -0.3 is 24.4 Å².